The van der Waals surface area contributed by atoms with Gasteiger partial charge < -0.3 is 26.0 Å². The number of aliphatic hydroxyl groups is 2. The minimum atomic E-state index is -0.360. The van der Waals surface area contributed by atoms with E-state index in [2.05, 4.69) is 29.6 Å². The summed E-state index contributed by atoms with van der Waals surface area (Å²) in [7, 11) is 0. The van der Waals surface area contributed by atoms with Crippen molar-refractivity contribution >= 4 is 11.6 Å². The van der Waals surface area contributed by atoms with Gasteiger partial charge in [-0.3, -0.25) is 4.91 Å². The van der Waals surface area contributed by atoms with E-state index in [0.29, 0.717) is 12.6 Å². The molecule has 0 aromatic carbocycles. The zero-order valence-electron chi connectivity index (χ0n) is 20.1. The van der Waals surface area contributed by atoms with Gasteiger partial charge in [0.15, 0.2) is 0 Å². The number of hydrogen-bond donors (Lipinski definition) is 2. The van der Waals surface area contributed by atoms with Crippen LogP contribution in [0.15, 0.2) is 6.20 Å². The summed E-state index contributed by atoms with van der Waals surface area (Å²) in [6.07, 6.45) is 10.1. The summed E-state index contributed by atoms with van der Waals surface area (Å²) >= 11 is 5.40. The molecule has 1 saturated heterocycles. The van der Waals surface area contributed by atoms with E-state index >= 15 is 0 Å². The van der Waals surface area contributed by atoms with E-state index < -0.39 is 0 Å². The topological polar surface area (TPSA) is 142 Å². The average Bonchev–Trinajstić information content (AvgIpc) is 3.59. The fraction of sp³-hybridized carbons (Fsp3) is 0.810. The fourth-order valence-electron chi connectivity index (χ4n) is 1.12. The number of rotatable bonds is 4. The molecule has 0 amide bonds. The van der Waals surface area contributed by atoms with Gasteiger partial charge in [-0.15, -0.1) is 29.0 Å². The van der Waals surface area contributed by atoms with Crippen LogP contribution < -0.4 is 29.6 Å². The summed E-state index contributed by atoms with van der Waals surface area (Å²) in [4.78, 5) is 1.50. The first-order chi connectivity index (χ1) is 14.1. The summed E-state index contributed by atoms with van der Waals surface area (Å²) in [5.41, 5.74) is 14.4. The third kappa shape index (κ3) is 47.1. The summed E-state index contributed by atoms with van der Waals surface area (Å²) in [5, 5.41) is 24.8. The molecule has 3 unspecified atom stereocenters. The predicted octanol–water partition coefficient (Wildman–Crippen LogP) is 1.93. The molecule has 1 aromatic rings. The van der Waals surface area contributed by atoms with E-state index in [-0.39, 0.29) is 49.2 Å². The number of hydrogen-bond acceptors (Lipinski definition) is 5. The number of nitrogens with zero attached hydrogens (tertiary/aromatic N) is 6. The van der Waals surface area contributed by atoms with Crippen molar-refractivity contribution in [3.05, 3.63) is 27.9 Å². The molecule has 11 heteroatoms. The van der Waals surface area contributed by atoms with E-state index in [9.17, 15) is 0 Å². The maximum atomic E-state index is 8.93. The molecule has 1 aliphatic heterocycles. The Balaban J connectivity index is -0.0000000962. The molecule has 2 N–H and O–H groups in total. The standard InChI is InChI=1S/C6H11N3O.C4H7Cl.C4H10O.C3H6O.C3H4.CH4.N3.Na/c1-5-3-9(8-7-5)4-6(2)10;5-3-4-1-2-4;1-3-4(2)5;1-3-2-4-3;1-3-2;;1-3-2;/h3,6,10H,4H2,1-2H3;4H,1-3H2;4-5H,3H2,1-2H3;3H,2H2,1H3;1H,2H3;1H4;;/q;;;;;;-1;+1. The Morgan fingerprint density at radius 1 is 1.34 bits per heavy atom. The van der Waals surface area contributed by atoms with E-state index in [1.54, 1.807) is 31.6 Å². The zero-order chi connectivity index (χ0) is 23.9. The minimum Gasteiger partial charge on any atom is -0.393 e. The van der Waals surface area contributed by atoms with Crippen molar-refractivity contribution in [3.63, 3.8) is 0 Å². The molecule has 182 valence electrons. The first kappa shape index (κ1) is 41.4. The smallest absolute Gasteiger partial charge is 0.393 e. The number of aliphatic hydroxyl groups excluding tert-OH is 2. The molecule has 1 aliphatic carbocycles. The van der Waals surface area contributed by atoms with Crippen LogP contribution in [-0.2, 0) is 11.3 Å². The minimum absolute atomic E-state index is 0. The molecule has 3 rings (SSSR count). The molecule has 0 bridgehead atoms. The van der Waals surface area contributed by atoms with Crippen molar-refractivity contribution in [1.29, 1.82) is 0 Å². The molecule has 1 aromatic heterocycles. The quantitative estimate of drug-likeness (QED) is 0.128. The Morgan fingerprint density at radius 3 is 1.84 bits per heavy atom. The van der Waals surface area contributed by atoms with E-state index in [4.69, 9.17) is 37.6 Å². The van der Waals surface area contributed by atoms with Crippen LogP contribution in [0.2, 0.25) is 0 Å². The van der Waals surface area contributed by atoms with Gasteiger partial charge in [-0.2, -0.15) is 0 Å². The molecule has 32 heavy (non-hydrogen) atoms. The molecule has 1 saturated carbocycles. The average molecular weight is 485 g/mol. The molecular weight excluding hydrogens is 443 g/mol. The van der Waals surface area contributed by atoms with Gasteiger partial charge in [-0.1, -0.05) is 19.6 Å². The van der Waals surface area contributed by atoms with Crippen LogP contribution in [0.4, 0.5) is 0 Å². The van der Waals surface area contributed by atoms with Crippen LogP contribution >= 0.6 is 11.6 Å². The number of epoxide rings is 1. The van der Waals surface area contributed by atoms with Crippen LogP contribution in [0, 0.1) is 25.2 Å². The summed E-state index contributed by atoms with van der Waals surface area (Å²) in [5.74, 6) is 4.04. The zero-order valence-corrected chi connectivity index (χ0v) is 22.8. The molecule has 2 aliphatic rings. The van der Waals surface area contributed by atoms with Crippen molar-refractivity contribution in [3.8, 4) is 12.3 Å². The Kier molecular flexibility index (Phi) is 39.1. The van der Waals surface area contributed by atoms with Gasteiger partial charge in [-0.25, -0.2) is 4.68 Å². The van der Waals surface area contributed by atoms with E-state index in [1.807, 2.05) is 13.8 Å². The summed E-state index contributed by atoms with van der Waals surface area (Å²) in [6, 6.07) is 0. The second kappa shape index (κ2) is 30.2. The SMILES string of the molecule is C.C#CC.CC1CO1.CCC(C)O.Cc1cn(CC(C)O)nn1.ClCC1CC1.[N-]=[N+]=[N-].[Na+]. The van der Waals surface area contributed by atoms with Gasteiger partial charge in [0, 0.05) is 12.1 Å². The third-order valence-electron chi connectivity index (χ3n) is 3.11. The first-order valence-corrected chi connectivity index (χ1v) is 10.4. The number of alkyl halides is 1. The Bertz CT molecular complexity index is 566. The van der Waals surface area contributed by atoms with Gasteiger partial charge in [-0.05, 0) is 59.8 Å². The van der Waals surface area contributed by atoms with Crippen molar-refractivity contribution in [2.24, 2.45) is 5.92 Å². The Labute approximate surface area is 222 Å². The molecule has 2 fully saturated rings. The maximum Gasteiger partial charge on any atom is 1.00 e. The van der Waals surface area contributed by atoms with Crippen LogP contribution in [-0.4, -0.2) is 56.0 Å². The normalized spacial score (nSPS) is 15.7. The van der Waals surface area contributed by atoms with Crippen molar-refractivity contribution in [2.75, 3.05) is 12.5 Å². The van der Waals surface area contributed by atoms with Gasteiger partial charge >= 0.3 is 29.6 Å². The van der Waals surface area contributed by atoms with Crippen molar-refractivity contribution in [1.82, 2.24) is 15.0 Å². The fourth-order valence-corrected chi connectivity index (χ4v) is 1.43. The van der Waals surface area contributed by atoms with Gasteiger partial charge in [0.05, 0.1) is 37.2 Å². The molecule has 0 radical (unpaired) electrons. The maximum absolute atomic E-state index is 8.93. The van der Waals surface area contributed by atoms with Crippen LogP contribution in [0.3, 0.4) is 0 Å². The summed E-state index contributed by atoms with van der Waals surface area (Å²) < 4.78 is 6.33. The molecule has 3 atom stereocenters. The Hall–Kier alpha value is -0.820. The third-order valence-corrected chi connectivity index (χ3v) is 3.55. The molecule has 0 spiro atoms. The van der Waals surface area contributed by atoms with Crippen molar-refractivity contribution in [2.45, 2.75) is 93.1 Å². The van der Waals surface area contributed by atoms with E-state index in [0.717, 1.165) is 30.5 Å². The number of halogens is 1. The first-order valence-electron chi connectivity index (χ1n) is 9.87. The van der Waals surface area contributed by atoms with E-state index in [1.165, 1.54) is 17.8 Å². The number of aromatic nitrogens is 3. The molecule has 9 nitrogen and oxygen atoms in total. The number of terminal acetylenes is 1. The van der Waals surface area contributed by atoms with Crippen LogP contribution in [0.25, 0.3) is 16.0 Å². The van der Waals surface area contributed by atoms with Crippen LogP contribution in [0.1, 0.15) is 67.0 Å². The number of ether oxygens (including phenoxy) is 1. The number of aryl methyl sites for hydroxylation is 1. The largest absolute Gasteiger partial charge is 1.00 e. The van der Waals surface area contributed by atoms with Gasteiger partial charge in [0.2, 0.25) is 0 Å². The Morgan fingerprint density at radius 2 is 1.72 bits per heavy atom. The van der Waals surface area contributed by atoms with Crippen LogP contribution in [0.5, 0.6) is 0 Å². The monoisotopic (exact) mass is 484 g/mol. The van der Waals surface area contributed by atoms with Gasteiger partial charge in [0.25, 0.3) is 0 Å². The predicted molar refractivity (Wildman–Crippen MR) is 129 cm³/mol. The second-order valence-electron chi connectivity index (χ2n) is 6.81. The van der Waals surface area contributed by atoms with Gasteiger partial charge in [0.1, 0.15) is 0 Å². The molecule has 2 heterocycles. The van der Waals surface area contributed by atoms with Crippen molar-refractivity contribution < 1.29 is 44.5 Å². The molecular formula is C21H42ClN6NaO3. The second-order valence-corrected chi connectivity index (χ2v) is 7.12. The summed E-state index contributed by atoms with van der Waals surface area (Å²) in [6.45, 7) is 12.5.